The molecule has 148 valence electrons. The van der Waals surface area contributed by atoms with E-state index in [0.717, 1.165) is 44.2 Å². The van der Waals surface area contributed by atoms with E-state index in [1.807, 2.05) is 18.2 Å². The minimum Gasteiger partial charge on any atom is -0.308 e. The van der Waals surface area contributed by atoms with Gasteiger partial charge in [0.05, 0.1) is 4.90 Å². The smallest absolute Gasteiger partial charge is 0.258 e. The molecule has 0 unspecified atom stereocenters. The van der Waals surface area contributed by atoms with Crippen molar-refractivity contribution < 1.29 is 13.2 Å². The number of carbonyl (C=O) groups excluding carboxylic acids is 1. The third kappa shape index (κ3) is 3.98. The number of hydrogen-bond donors (Lipinski definition) is 1. The minimum atomic E-state index is -3.55. The molecule has 0 saturated heterocycles. The Morgan fingerprint density at radius 3 is 2.39 bits per heavy atom. The summed E-state index contributed by atoms with van der Waals surface area (Å²) in [7, 11) is -3.55. The molecule has 1 saturated carbocycles. The third-order valence-electron chi connectivity index (χ3n) is 5.69. The maximum absolute atomic E-state index is 13.0. The van der Waals surface area contributed by atoms with Crippen LogP contribution in [0.15, 0.2) is 53.4 Å². The molecule has 28 heavy (non-hydrogen) atoms. The standard InChI is InChI=1S/C22H26N2O3S/c25-22(24-16-6-8-17-7-4-5-11-21(17)24)18-12-14-20(15-13-18)28(26,27)23-19-9-2-1-3-10-19/h4-5,7,11-15,19,23H,1-3,6,8-10,16H2. The zero-order valence-corrected chi connectivity index (χ0v) is 16.7. The molecule has 1 fully saturated rings. The Kier molecular flexibility index (Phi) is 5.51. The first kappa shape index (κ1) is 19.2. The number of aryl methyl sites for hydroxylation is 1. The SMILES string of the molecule is O=C(c1ccc(S(=O)(=O)NC2CCCCC2)cc1)N1CCCc2ccccc21. The molecule has 5 nitrogen and oxygen atoms in total. The van der Waals surface area contributed by atoms with Gasteiger partial charge in [-0.1, -0.05) is 37.5 Å². The Hall–Kier alpha value is -2.18. The number of anilines is 1. The molecule has 0 radical (unpaired) electrons. The van der Waals surface area contributed by atoms with Crippen LogP contribution >= 0.6 is 0 Å². The number of fused-ring (bicyclic) bond motifs is 1. The van der Waals surface area contributed by atoms with E-state index < -0.39 is 10.0 Å². The first-order valence-electron chi connectivity index (χ1n) is 10.1. The van der Waals surface area contributed by atoms with Crippen molar-refractivity contribution in [1.29, 1.82) is 0 Å². The van der Waals surface area contributed by atoms with Gasteiger partial charge < -0.3 is 4.90 Å². The highest BCUT2D eigenvalue weighted by Crippen LogP contribution is 2.28. The molecule has 0 bridgehead atoms. The number of amides is 1. The number of benzene rings is 2. The summed E-state index contributed by atoms with van der Waals surface area (Å²) < 4.78 is 28.1. The first-order chi connectivity index (χ1) is 13.5. The van der Waals surface area contributed by atoms with E-state index in [1.54, 1.807) is 17.0 Å². The van der Waals surface area contributed by atoms with E-state index in [0.29, 0.717) is 12.1 Å². The number of para-hydroxylation sites is 1. The highest BCUT2D eigenvalue weighted by molar-refractivity contribution is 7.89. The highest BCUT2D eigenvalue weighted by atomic mass is 32.2. The van der Waals surface area contributed by atoms with Crippen molar-refractivity contribution in [3.05, 3.63) is 59.7 Å². The second-order valence-corrected chi connectivity index (χ2v) is 9.38. The summed E-state index contributed by atoms with van der Waals surface area (Å²) in [4.78, 5) is 15.0. The van der Waals surface area contributed by atoms with Crippen LogP contribution in [0.4, 0.5) is 5.69 Å². The topological polar surface area (TPSA) is 66.5 Å². The van der Waals surface area contributed by atoms with Crippen LogP contribution in [-0.2, 0) is 16.4 Å². The second kappa shape index (κ2) is 8.05. The van der Waals surface area contributed by atoms with Gasteiger partial charge in [0.2, 0.25) is 10.0 Å². The first-order valence-corrected chi connectivity index (χ1v) is 11.5. The fraction of sp³-hybridized carbons (Fsp3) is 0.409. The molecule has 1 N–H and O–H groups in total. The van der Waals surface area contributed by atoms with Crippen LogP contribution in [0.3, 0.4) is 0 Å². The molecular weight excluding hydrogens is 372 g/mol. The normalized spacial score (nSPS) is 17.9. The van der Waals surface area contributed by atoms with Gasteiger partial charge >= 0.3 is 0 Å². The zero-order valence-electron chi connectivity index (χ0n) is 15.9. The molecule has 2 aliphatic rings. The van der Waals surface area contributed by atoms with Crippen LogP contribution in [-0.4, -0.2) is 26.9 Å². The zero-order chi connectivity index (χ0) is 19.6. The van der Waals surface area contributed by atoms with E-state index in [1.165, 1.54) is 24.1 Å². The number of rotatable bonds is 4. The van der Waals surface area contributed by atoms with Gasteiger partial charge in [-0.2, -0.15) is 0 Å². The van der Waals surface area contributed by atoms with Crippen molar-refractivity contribution >= 4 is 21.6 Å². The van der Waals surface area contributed by atoms with Crippen molar-refractivity contribution in [3.63, 3.8) is 0 Å². The summed E-state index contributed by atoms with van der Waals surface area (Å²) in [5, 5.41) is 0. The molecule has 4 rings (SSSR count). The summed E-state index contributed by atoms with van der Waals surface area (Å²) >= 11 is 0. The maximum atomic E-state index is 13.0. The largest absolute Gasteiger partial charge is 0.308 e. The fourth-order valence-corrected chi connectivity index (χ4v) is 5.49. The van der Waals surface area contributed by atoms with Gasteiger partial charge in [0.25, 0.3) is 5.91 Å². The Morgan fingerprint density at radius 1 is 0.929 bits per heavy atom. The molecule has 0 atom stereocenters. The molecule has 2 aromatic rings. The lowest BCUT2D eigenvalue weighted by atomic mass is 9.96. The van der Waals surface area contributed by atoms with Crippen molar-refractivity contribution in [3.8, 4) is 0 Å². The molecular formula is C22H26N2O3S. The lowest BCUT2D eigenvalue weighted by Crippen LogP contribution is -2.36. The van der Waals surface area contributed by atoms with Crippen LogP contribution < -0.4 is 9.62 Å². The lowest BCUT2D eigenvalue weighted by molar-refractivity contribution is 0.0985. The summed E-state index contributed by atoms with van der Waals surface area (Å²) in [6.45, 7) is 0.680. The van der Waals surface area contributed by atoms with Gasteiger partial charge in [0, 0.05) is 23.8 Å². The second-order valence-electron chi connectivity index (χ2n) is 7.67. The molecule has 1 amide bonds. The average molecular weight is 399 g/mol. The molecule has 2 aromatic carbocycles. The number of carbonyl (C=O) groups is 1. The average Bonchev–Trinajstić information content (AvgIpc) is 2.73. The van der Waals surface area contributed by atoms with E-state index >= 15 is 0 Å². The van der Waals surface area contributed by atoms with Gasteiger partial charge in [-0.25, -0.2) is 13.1 Å². The molecule has 1 heterocycles. The number of nitrogens with zero attached hydrogens (tertiary/aromatic N) is 1. The summed E-state index contributed by atoms with van der Waals surface area (Å²) in [6.07, 6.45) is 7.00. The van der Waals surface area contributed by atoms with Crippen LogP contribution in [0.25, 0.3) is 0 Å². The molecule has 1 aliphatic carbocycles. The van der Waals surface area contributed by atoms with Gasteiger partial charge in [0.1, 0.15) is 0 Å². The Morgan fingerprint density at radius 2 is 1.64 bits per heavy atom. The summed E-state index contributed by atoms with van der Waals surface area (Å²) in [5.41, 5.74) is 2.64. The van der Waals surface area contributed by atoms with E-state index in [9.17, 15) is 13.2 Å². The lowest BCUT2D eigenvalue weighted by Gasteiger charge is -2.29. The predicted molar refractivity (Wildman–Crippen MR) is 110 cm³/mol. The van der Waals surface area contributed by atoms with Crippen LogP contribution in [0, 0.1) is 0 Å². The highest BCUT2D eigenvalue weighted by Gasteiger charge is 2.25. The Labute approximate surface area is 166 Å². The van der Waals surface area contributed by atoms with Crippen LogP contribution in [0.2, 0.25) is 0 Å². The Bertz CT molecular complexity index is 948. The summed E-state index contributed by atoms with van der Waals surface area (Å²) in [5.74, 6) is -0.0867. The summed E-state index contributed by atoms with van der Waals surface area (Å²) in [6, 6.07) is 14.3. The quantitative estimate of drug-likeness (QED) is 0.850. The molecule has 0 aromatic heterocycles. The number of nitrogens with one attached hydrogen (secondary N) is 1. The fourth-order valence-electron chi connectivity index (χ4n) is 4.18. The number of sulfonamides is 1. The van der Waals surface area contributed by atoms with Crippen molar-refractivity contribution in [2.75, 3.05) is 11.4 Å². The number of hydrogen-bond acceptors (Lipinski definition) is 3. The van der Waals surface area contributed by atoms with Gasteiger partial charge in [-0.15, -0.1) is 0 Å². The Balaban J connectivity index is 1.51. The van der Waals surface area contributed by atoms with Crippen LogP contribution in [0.5, 0.6) is 0 Å². The van der Waals surface area contributed by atoms with E-state index in [4.69, 9.17) is 0 Å². The minimum absolute atomic E-state index is 0.0184. The maximum Gasteiger partial charge on any atom is 0.258 e. The third-order valence-corrected chi connectivity index (χ3v) is 7.23. The van der Waals surface area contributed by atoms with Crippen LogP contribution in [0.1, 0.15) is 54.4 Å². The van der Waals surface area contributed by atoms with Crippen molar-refractivity contribution in [2.45, 2.75) is 55.9 Å². The molecule has 6 heteroatoms. The molecule has 0 spiro atoms. The van der Waals surface area contributed by atoms with E-state index in [-0.39, 0.29) is 16.8 Å². The van der Waals surface area contributed by atoms with Crippen molar-refractivity contribution in [2.24, 2.45) is 0 Å². The van der Waals surface area contributed by atoms with Gasteiger partial charge in [0.15, 0.2) is 0 Å². The monoisotopic (exact) mass is 398 g/mol. The van der Waals surface area contributed by atoms with Gasteiger partial charge in [-0.3, -0.25) is 4.79 Å². The predicted octanol–water partition coefficient (Wildman–Crippen LogP) is 3.89. The van der Waals surface area contributed by atoms with E-state index in [2.05, 4.69) is 10.8 Å². The van der Waals surface area contributed by atoms with Gasteiger partial charge in [-0.05, 0) is 61.6 Å². The van der Waals surface area contributed by atoms with Crippen molar-refractivity contribution in [1.82, 2.24) is 4.72 Å². The molecule has 1 aliphatic heterocycles.